The molecule has 0 unspecified atom stereocenters. The fraction of sp³-hybridized carbons (Fsp3) is 0. The van der Waals surface area contributed by atoms with E-state index in [0.29, 0.717) is 17.0 Å². The predicted molar refractivity (Wildman–Crippen MR) is 256 cm³/mol. The molecule has 0 amide bonds. The van der Waals surface area contributed by atoms with Gasteiger partial charge in [0, 0.05) is 43.9 Å². The molecule has 0 radical (unpaired) electrons. The zero-order valence-corrected chi connectivity index (χ0v) is 33.2. The minimum Gasteiger partial charge on any atom is -0.309 e. The Labute approximate surface area is 365 Å². The van der Waals surface area contributed by atoms with Crippen LogP contribution in [0.3, 0.4) is 0 Å². The molecule has 0 aliphatic rings. The van der Waals surface area contributed by atoms with Gasteiger partial charge in [-0.05, 0) is 64.7 Å². The van der Waals surface area contributed by atoms with Crippen molar-refractivity contribution in [1.82, 2.24) is 24.1 Å². The van der Waals surface area contributed by atoms with Crippen molar-refractivity contribution < 1.29 is 6.85 Å². The number of hydrogen-bond donors (Lipinski definition) is 0. The van der Waals surface area contributed by atoms with Crippen molar-refractivity contribution in [2.24, 2.45) is 0 Å². The lowest BCUT2D eigenvalue weighted by Gasteiger charge is -2.16. The van der Waals surface area contributed by atoms with Gasteiger partial charge in [-0.2, -0.15) is 0 Å². The van der Waals surface area contributed by atoms with E-state index in [0.717, 1.165) is 66.5 Å². The van der Waals surface area contributed by atoms with E-state index in [1.54, 1.807) is 0 Å². The van der Waals surface area contributed by atoms with Crippen LogP contribution in [-0.4, -0.2) is 24.1 Å². The summed E-state index contributed by atoms with van der Waals surface area (Å²) in [6.45, 7) is 0. The van der Waals surface area contributed by atoms with Crippen LogP contribution in [0.15, 0.2) is 224 Å². The van der Waals surface area contributed by atoms with Crippen molar-refractivity contribution in [3.63, 3.8) is 0 Å². The number of aromatic nitrogens is 5. The monoisotopic (exact) mass is 796 g/mol. The van der Waals surface area contributed by atoms with Gasteiger partial charge in [0.05, 0.1) is 34.6 Å². The first kappa shape index (κ1) is 30.6. The van der Waals surface area contributed by atoms with Gasteiger partial charge in [0.25, 0.3) is 0 Å². The predicted octanol–water partition coefficient (Wildman–Crippen LogP) is 14.4. The smallest absolute Gasteiger partial charge is 0.164 e. The van der Waals surface area contributed by atoms with E-state index >= 15 is 0 Å². The lowest BCUT2D eigenvalue weighted by Crippen LogP contribution is -2.02. The second kappa shape index (κ2) is 14.7. The molecule has 5 heteroatoms. The lowest BCUT2D eigenvalue weighted by atomic mass is 9.98. The second-order valence-corrected chi connectivity index (χ2v) is 15.2. The Morgan fingerprint density at radius 3 is 1.53 bits per heavy atom. The van der Waals surface area contributed by atoms with Crippen LogP contribution in [-0.2, 0) is 0 Å². The van der Waals surface area contributed by atoms with E-state index in [-0.39, 0.29) is 17.2 Å². The van der Waals surface area contributed by atoms with Crippen molar-refractivity contribution in [1.29, 1.82) is 0 Å². The SMILES string of the molecule is [2H]c1c([2H])c([2H])c(-c2nc(-c3ccc(-c4ccccc4)cc3)nc(-c3cc(-n4c5ccccc5c5c(-n6c7ccccc7c7ccccc76)cccc54)ccc3-c3ccccc3)n2)c([2H])c1[2H]. The lowest BCUT2D eigenvalue weighted by molar-refractivity contribution is 1.07. The average molecular weight is 797 g/mol. The summed E-state index contributed by atoms with van der Waals surface area (Å²) in [6, 6.07) is 64.1. The molecular formula is C57H37N5. The molecule has 62 heavy (non-hydrogen) atoms. The van der Waals surface area contributed by atoms with Crippen molar-refractivity contribution in [3.05, 3.63) is 224 Å². The zero-order chi connectivity index (χ0) is 45.3. The molecule has 0 spiro atoms. The number of para-hydroxylation sites is 3. The zero-order valence-electron chi connectivity index (χ0n) is 38.2. The molecule has 9 aromatic carbocycles. The van der Waals surface area contributed by atoms with Gasteiger partial charge in [0.1, 0.15) is 0 Å². The molecule has 0 atom stereocenters. The van der Waals surface area contributed by atoms with Gasteiger partial charge in [0.15, 0.2) is 17.5 Å². The summed E-state index contributed by atoms with van der Waals surface area (Å²) in [5.41, 5.74) is 11.3. The summed E-state index contributed by atoms with van der Waals surface area (Å²) in [7, 11) is 0. The molecule has 12 aromatic rings. The third kappa shape index (κ3) is 5.90. The molecule has 3 aromatic heterocycles. The van der Waals surface area contributed by atoms with Crippen LogP contribution in [0.5, 0.6) is 0 Å². The quantitative estimate of drug-likeness (QED) is 0.161. The molecule has 0 bridgehead atoms. The van der Waals surface area contributed by atoms with Crippen LogP contribution < -0.4 is 0 Å². The number of fused-ring (bicyclic) bond motifs is 6. The molecule has 290 valence electrons. The highest BCUT2D eigenvalue weighted by atomic mass is 15.0. The minimum atomic E-state index is -0.490. The number of benzene rings is 9. The Morgan fingerprint density at radius 1 is 0.339 bits per heavy atom. The average Bonchev–Trinajstić information content (AvgIpc) is 3.91. The van der Waals surface area contributed by atoms with E-state index in [1.165, 1.54) is 10.8 Å². The van der Waals surface area contributed by atoms with Gasteiger partial charge >= 0.3 is 0 Å². The highest BCUT2D eigenvalue weighted by Gasteiger charge is 2.22. The Bertz CT molecular complexity index is 3840. The van der Waals surface area contributed by atoms with Crippen LogP contribution in [0.2, 0.25) is 0 Å². The first-order valence-electron chi connectivity index (χ1n) is 23.0. The summed E-state index contributed by atoms with van der Waals surface area (Å²) in [4.78, 5) is 15.1. The van der Waals surface area contributed by atoms with E-state index in [9.17, 15) is 0 Å². The molecular weight excluding hydrogens is 755 g/mol. The number of nitrogens with zero attached hydrogens (tertiary/aromatic N) is 5. The summed E-state index contributed by atoms with van der Waals surface area (Å²) in [5, 5.41) is 4.57. The maximum Gasteiger partial charge on any atom is 0.164 e. The third-order valence-corrected chi connectivity index (χ3v) is 11.7. The summed E-state index contributed by atoms with van der Waals surface area (Å²) >= 11 is 0. The first-order valence-corrected chi connectivity index (χ1v) is 20.5. The largest absolute Gasteiger partial charge is 0.309 e. The van der Waals surface area contributed by atoms with Gasteiger partial charge in [0.2, 0.25) is 0 Å². The van der Waals surface area contributed by atoms with Gasteiger partial charge in [-0.15, -0.1) is 0 Å². The Hall–Kier alpha value is -8.41. The van der Waals surface area contributed by atoms with Crippen LogP contribution in [0, 0.1) is 0 Å². The van der Waals surface area contributed by atoms with E-state index < -0.39 is 30.2 Å². The topological polar surface area (TPSA) is 48.5 Å². The molecule has 0 saturated heterocycles. The Kier molecular flexibility index (Phi) is 7.25. The summed E-state index contributed by atoms with van der Waals surface area (Å²) in [5.74, 6) is 0.552. The highest BCUT2D eigenvalue weighted by molar-refractivity contribution is 6.16. The van der Waals surface area contributed by atoms with Crippen LogP contribution >= 0.6 is 0 Å². The number of hydrogen-bond acceptors (Lipinski definition) is 3. The summed E-state index contributed by atoms with van der Waals surface area (Å²) in [6.07, 6.45) is 0. The van der Waals surface area contributed by atoms with Gasteiger partial charge in [-0.3, -0.25) is 0 Å². The Balaban J connectivity index is 1.12. The van der Waals surface area contributed by atoms with Crippen LogP contribution in [0.25, 0.3) is 111 Å². The molecule has 12 rings (SSSR count). The standard InChI is InChI=1S/C57H37N5/c1-4-17-38(18-5-1)39-31-33-42(34-32-39)56-58-55(41-21-8-3-9-22-41)59-57(60-56)48-37-43(35-36-44(48)40-19-6-2-7-20-40)61-51-28-15-12-25-47(51)54-52(61)29-16-30-53(54)62-49-26-13-10-23-45(49)46-24-11-14-27-50(46)62/h1-37H/i3D,8D,9D,21D,22D. The highest BCUT2D eigenvalue weighted by Crippen LogP contribution is 2.41. The van der Waals surface area contributed by atoms with Crippen LogP contribution in [0.1, 0.15) is 6.85 Å². The molecule has 0 aliphatic carbocycles. The molecule has 0 fully saturated rings. The molecule has 3 heterocycles. The molecule has 0 N–H and O–H groups in total. The third-order valence-electron chi connectivity index (χ3n) is 11.7. The van der Waals surface area contributed by atoms with Crippen molar-refractivity contribution in [2.75, 3.05) is 0 Å². The normalized spacial score (nSPS) is 12.7. The van der Waals surface area contributed by atoms with Crippen molar-refractivity contribution in [3.8, 4) is 67.8 Å². The van der Waals surface area contributed by atoms with E-state index in [4.69, 9.17) is 21.8 Å². The number of rotatable bonds is 7. The first-order chi connectivity index (χ1) is 32.8. The molecule has 5 nitrogen and oxygen atoms in total. The van der Waals surface area contributed by atoms with Crippen molar-refractivity contribution >= 4 is 43.6 Å². The van der Waals surface area contributed by atoms with Crippen LogP contribution in [0.4, 0.5) is 0 Å². The van der Waals surface area contributed by atoms with Gasteiger partial charge < -0.3 is 9.13 Å². The Morgan fingerprint density at radius 2 is 0.855 bits per heavy atom. The van der Waals surface area contributed by atoms with Gasteiger partial charge in [-0.25, -0.2) is 15.0 Å². The maximum atomic E-state index is 8.99. The summed E-state index contributed by atoms with van der Waals surface area (Å²) < 4.78 is 48.1. The fourth-order valence-corrected chi connectivity index (χ4v) is 8.91. The molecule has 0 aliphatic heterocycles. The van der Waals surface area contributed by atoms with Crippen molar-refractivity contribution in [2.45, 2.75) is 0 Å². The minimum absolute atomic E-state index is 0.0266. The molecule has 0 saturated carbocycles. The maximum absolute atomic E-state index is 8.99. The fourth-order valence-electron chi connectivity index (χ4n) is 8.91. The second-order valence-electron chi connectivity index (χ2n) is 15.2. The van der Waals surface area contributed by atoms with E-state index in [1.807, 2.05) is 84.9 Å². The van der Waals surface area contributed by atoms with E-state index in [2.05, 4.69) is 118 Å². The van der Waals surface area contributed by atoms with Gasteiger partial charge in [-0.1, -0.05) is 182 Å².